The van der Waals surface area contributed by atoms with E-state index in [9.17, 15) is 4.79 Å². The van der Waals surface area contributed by atoms with Crippen LogP contribution < -0.4 is 14.4 Å². The Morgan fingerprint density at radius 3 is 2.44 bits per heavy atom. The third kappa shape index (κ3) is 3.56. The van der Waals surface area contributed by atoms with Crippen LogP contribution in [0.5, 0.6) is 11.5 Å². The summed E-state index contributed by atoms with van der Waals surface area (Å²) in [5.41, 5.74) is 2.31. The number of fused-ring (bicyclic) bond motifs is 2. The molecule has 0 spiro atoms. The molecule has 0 aliphatic heterocycles. The number of carbonyl (C=O) groups is 1. The predicted molar refractivity (Wildman–Crippen MR) is 126 cm³/mol. The number of ether oxygens (including phenoxy) is 2. The maximum Gasteiger partial charge on any atom is 0.296 e. The number of methoxy groups -OCH3 is 2. The summed E-state index contributed by atoms with van der Waals surface area (Å²) >= 11 is 1.38. The normalized spacial score (nSPS) is 11.1. The SMILES string of the molecule is COc1ccc(OC)c2sc(N(Cc3ccccc3)C(=O)c3cc4ccccc4o3)nc12. The molecule has 0 fully saturated rings. The first-order valence-corrected chi connectivity index (χ1v) is 10.9. The molecule has 0 atom stereocenters. The van der Waals surface area contributed by atoms with E-state index >= 15 is 0 Å². The van der Waals surface area contributed by atoms with E-state index < -0.39 is 0 Å². The van der Waals surface area contributed by atoms with Crippen molar-refractivity contribution in [2.45, 2.75) is 6.54 Å². The van der Waals surface area contributed by atoms with E-state index in [0.717, 1.165) is 15.6 Å². The van der Waals surface area contributed by atoms with Gasteiger partial charge in [-0.1, -0.05) is 59.9 Å². The fourth-order valence-corrected chi connectivity index (χ4v) is 4.67. The van der Waals surface area contributed by atoms with Crippen LogP contribution in [0, 0.1) is 0 Å². The quantitative estimate of drug-likeness (QED) is 0.326. The molecule has 0 aliphatic rings. The molecule has 32 heavy (non-hydrogen) atoms. The number of carbonyl (C=O) groups excluding carboxylic acids is 1. The van der Waals surface area contributed by atoms with Crippen LogP contribution in [0.25, 0.3) is 21.2 Å². The zero-order valence-corrected chi connectivity index (χ0v) is 18.4. The van der Waals surface area contributed by atoms with Gasteiger partial charge in [0.15, 0.2) is 10.9 Å². The molecule has 5 aromatic rings. The van der Waals surface area contributed by atoms with E-state index in [0.29, 0.717) is 34.3 Å². The lowest BCUT2D eigenvalue weighted by molar-refractivity contribution is 0.0960. The zero-order chi connectivity index (χ0) is 22.1. The van der Waals surface area contributed by atoms with Crippen LogP contribution in [0.2, 0.25) is 0 Å². The fraction of sp³-hybridized carbons (Fsp3) is 0.120. The zero-order valence-electron chi connectivity index (χ0n) is 17.6. The van der Waals surface area contributed by atoms with Crippen LogP contribution in [0.15, 0.2) is 77.2 Å². The van der Waals surface area contributed by atoms with Gasteiger partial charge in [0.1, 0.15) is 27.3 Å². The predicted octanol–water partition coefficient (Wildman–Crippen LogP) is 5.91. The molecule has 160 valence electrons. The monoisotopic (exact) mass is 444 g/mol. The van der Waals surface area contributed by atoms with Gasteiger partial charge in [0.25, 0.3) is 5.91 Å². The lowest BCUT2D eigenvalue weighted by Gasteiger charge is -2.18. The summed E-state index contributed by atoms with van der Waals surface area (Å²) < 4.78 is 17.7. The minimum absolute atomic E-state index is 0.262. The third-order valence-corrected chi connectivity index (χ3v) is 6.29. The van der Waals surface area contributed by atoms with Gasteiger partial charge in [0, 0.05) is 5.39 Å². The summed E-state index contributed by atoms with van der Waals surface area (Å²) in [6, 6.07) is 22.8. The van der Waals surface area contributed by atoms with Crippen LogP contribution >= 0.6 is 11.3 Å². The van der Waals surface area contributed by atoms with E-state index in [1.165, 1.54) is 11.3 Å². The van der Waals surface area contributed by atoms with Crippen molar-refractivity contribution < 1.29 is 18.7 Å². The van der Waals surface area contributed by atoms with Crippen LogP contribution in [-0.4, -0.2) is 25.1 Å². The highest BCUT2D eigenvalue weighted by Crippen LogP contribution is 2.41. The van der Waals surface area contributed by atoms with Crippen molar-refractivity contribution in [1.82, 2.24) is 4.98 Å². The lowest BCUT2D eigenvalue weighted by Crippen LogP contribution is -2.30. The van der Waals surface area contributed by atoms with Crippen LogP contribution in [0.3, 0.4) is 0 Å². The van der Waals surface area contributed by atoms with Crippen LogP contribution in [0.4, 0.5) is 5.13 Å². The van der Waals surface area contributed by atoms with Gasteiger partial charge in [-0.3, -0.25) is 9.69 Å². The Morgan fingerprint density at radius 1 is 0.969 bits per heavy atom. The summed E-state index contributed by atoms with van der Waals surface area (Å²) in [6.45, 7) is 0.348. The highest BCUT2D eigenvalue weighted by molar-refractivity contribution is 7.22. The van der Waals surface area contributed by atoms with Gasteiger partial charge in [0.05, 0.1) is 20.8 Å². The number of furan rings is 1. The van der Waals surface area contributed by atoms with Crippen molar-refractivity contribution in [2.75, 3.05) is 19.1 Å². The van der Waals surface area contributed by atoms with Crippen LogP contribution in [-0.2, 0) is 6.54 Å². The Labute approximate surface area is 188 Å². The Hall–Kier alpha value is -3.84. The van der Waals surface area contributed by atoms with Gasteiger partial charge >= 0.3 is 0 Å². The van der Waals surface area contributed by atoms with Gasteiger partial charge in [-0.25, -0.2) is 4.98 Å². The number of thiazole rings is 1. The summed E-state index contributed by atoms with van der Waals surface area (Å²) in [5, 5.41) is 1.42. The highest BCUT2D eigenvalue weighted by Gasteiger charge is 2.26. The maximum atomic E-state index is 13.6. The second-order valence-corrected chi connectivity index (χ2v) is 8.15. The van der Waals surface area contributed by atoms with E-state index in [1.807, 2.05) is 66.7 Å². The topological polar surface area (TPSA) is 64.8 Å². The summed E-state index contributed by atoms with van der Waals surface area (Å²) in [4.78, 5) is 20.0. The number of hydrogen-bond donors (Lipinski definition) is 0. The number of nitrogens with zero attached hydrogens (tertiary/aromatic N) is 2. The highest BCUT2D eigenvalue weighted by atomic mass is 32.1. The fourth-order valence-electron chi connectivity index (χ4n) is 3.60. The molecule has 0 N–H and O–H groups in total. The van der Waals surface area contributed by atoms with Gasteiger partial charge in [-0.2, -0.15) is 0 Å². The maximum absolute atomic E-state index is 13.6. The lowest BCUT2D eigenvalue weighted by atomic mass is 10.2. The molecule has 0 aliphatic carbocycles. The molecule has 0 unspecified atom stereocenters. The number of aromatic nitrogens is 1. The van der Waals surface area contributed by atoms with E-state index in [-0.39, 0.29) is 11.7 Å². The molecule has 1 amide bonds. The number of hydrogen-bond acceptors (Lipinski definition) is 6. The Morgan fingerprint density at radius 2 is 1.69 bits per heavy atom. The molecule has 0 radical (unpaired) electrons. The molecule has 0 saturated heterocycles. The molecule has 7 heteroatoms. The Kier molecular flexibility index (Phi) is 5.25. The molecular formula is C25H20N2O4S. The summed E-state index contributed by atoms with van der Waals surface area (Å²) in [5.74, 6) is 1.31. The minimum atomic E-state index is -0.262. The van der Waals surface area contributed by atoms with Gasteiger partial charge in [-0.15, -0.1) is 0 Å². The molecular weight excluding hydrogens is 424 g/mol. The first-order valence-electron chi connectivity index (χ1n) is 10.0. The largest absolute Gasteiger partial charge is 0.495 e. The number of para-hydroxylation sites is 1. The van der Waals surface area contributed by atoms with Crippen molar-refractivity contribution in [3.05, 3.63) is 84.1 Å². The summed E-state index contributed by atoms with van der Waals surface area (Å²) in [7, 11) is 3.21. The number of amides is 1. The minimum Gasteiger partial charge on any atom is -0.495 e. The van der Waals surface area contributed by atoms with Crippen molar-refractivity contribution >= 4 is 43.6 Å². The first kappa shape index (κ1) is 20.1. The molecule has 2 heterocycles. The molecule has 2 aromatic heterocycles. The Balaban J connectivity index is 1.63. The molecule has 0 saturated carbocycles. The first-order chi connectivity index (χ1) is 15.7. The molecule has 6 nitrogen and oxygen atoms in total. The third-order valence-electron chi connectivity index (χ3n) is 5.19. The molecule has 3 aromatic carbocycles. The number of rotatable bonds is 6. The van der Waals surface area contributed by atoms with E-state index in [4.69, 9.17) is 18.9 Å². The number of anilines is 1. The van der Waals surface area contributed by atoms with Crippen molar-refractivity contribution in [2.24, 2.45) is 0 Å². The second kappa shape index (κ2) is 8.36. The number of benzene rings is 3. The Bertz CT molecular complexity index is 1330. The molecule has 0 bridgehead atoms. The van der Waals surface area contributed by atoms with Crippen molar-refractivity contribution in [3.8, 4) is 11.5 Å². The van der Waals surface area contributed by atoms with E-state index in [2.05, 4.69) is 0 Å². The van der Waals surface area contributed by atoms with Crippen molar-refractivity contribution in [1.29, 1.82) is 0 Å². The van der Waals surface area contributed by atoms with E-state index in [1.54, 1.807) is 25.2 Å². The molecule has 5 rings (SSSR count). The standard InChI is InChI=1S/C25H20N2O4S/c1-29-19-12-13-20(30-2)23-22(19)26-25(32-23)27(15-16-8-4-3-5-9-16)24(28)21-14-17-10-6-7-11-18(17)31-21/h3-14H,15H2,1-2H3. The summed E-state index contributed by atoms with van der Waals surface area (Å²) in [6.07, 6.45) is 0. The smallest absolute Gasteiger partial charge is 0.296 e. The average molecular weight is 445 g/mol. The van der Waals surface area contributed by atoms with Gasteiger partial charge < -0.3 is 13.9 Å². The van der Waals surface area contributed by atoms with Crippen LogP contribution in [0.1, 0.15) is 16.1 Å². The second-order valence-electron chi connectivity index (χ2n) is 7.17. The average Bonchev–Trinajstić information content (AvgIpc) is 3.47. The van der Waals surface area contributed by atoms with Gasteiger partial charge in [0.2, 0.25) is 0 Å². The van der Waals surface area contributed by atoms with Crippen molar-refractivity contribution in [3.63, 3.8) is 0 Å². The van der Waals surface area contributed by atoms with Gasteiger partial charge in [-0.05, 0) is 29.8 Å².